The first-order chi connectivity index (χ1) is 13.5. The minimum absolute atomic E-state index is 0.301. The normalized spacial score (nSPS) is 15.2. The van der Waals surface area contributed by atoms with Gasteiger partial charge in [-0.25, -0.2) is 0 Å². The lowest BCUT2D eigenvalue weighted by Crippen LogP contribution is -2.17. The number of hydrogen-bond acceptors (Lipinski definition) is 5. The number of amides is 2. The van der Waals surface area contributed by atoms with Crippen molar-refractivity contribution in [3.8, 4) is 11.8 Å². The molecule has 3 aromatic rings. The Labute approximate surface area is 166 Å². The molecule has 1 fully saturated rings. The average Bonchev–Trinajstić information content (AvgIpc) is 3.22. The molecule has 138 valence electrons. The summed E-state index contributed by atoms with van der Waals surface area (Å²) in [5.74, 6) is 6.78. The number of benzene rings is 1. The van der Waals surface area contributed by atoms with E-state index in [0.29, 0.717) is 27.7 Å². The van der Waals surface area contributed by atoms with Gasteiger partial charge in [-0.2, -0.15) is 0 Å². The van der Waals surface area contributed by atoms with Gasteiger partial charge in [0.1, 0.15) is 5.76 Å². The van der Waals surface area contributed by atoms with Crippen LogP contribution in [-0.2, 0) is 4.79 Å². The number of fused-ring (bicyclic) bond motifs is 1. The Hall–Kier alpha value is -3.30. The van der Waals surface area contributed by atoms with E-state index in [1.165, 1.54) is 5.56 Å². The number of nitrogens with zero attached hydrogens (tertiary/aromatic N) is 1. The van der Waals surface area contributed by atoms with E-state index in [4.69, 9.17) is 4.42 Å². The summed E-state index contributed by atoms with van der Waals surface area (Å²) in [7, 11) is 0. The quantitative estimate of drug-likeness (QED) is 0.510. The van der Waals surface area contributed by atoms with Crippen molar-refractivity contribution in [1.82, 2.24) is 10.3 Å². The van der Waals surface area contributed by atoms with Crippen LogP contribution >= 0.6 is 11.8 Å². The Morgan fingerprint density at radius 3 is 2.61 bits per heavy atom. The molecule has 1 aromatic carbocycles. The molecule has 0 spiro atoms. The molecule has 2 aromatic heterocycles. The van der Waals surface area contributed by atoms with E-state index in [1.54, 1.807) is 24.5 Å². The van der Waals surface area contributed by atoms with Crippen LogP contribution < -0.4 is 5.32 Å². The van der Waals surface area contributed by atoms with Gasteiger partial charge in [-0.1, -0.05) is 37.8 Å². The lowest BCUT2D eigenvalue weighted by molar-refractivity contribution is -0.115. The highest BCUT2D eigenvalue weighted by Crippen LogP contribution is 2.29. The summed E-state index contributed by atoms with van der Waals surface area (Å²) in [6.45, 7) is 4.31. The molecule has 0 radical (unpaired) electrons. The average molecular weight is 388 g/mol. The molecular weight excluding hydrogens is 372 g/mol. The van der Waals surface area contributed by atoms with E-state index >= 15 is 0 Å². The van der Waals surface area contributed by atoms with Crippen molar-refractivity contribution in [2.24, 2.45) is 0 Å². The number of rotatable bonds is 2. The SMILES string of the molecule is CC(C)c1ccc(C#Cc2cncc3cc(/C=C4/SC(=O)NC4=O)oc23)cc1. The highest BCUT2D eigenvalue weighted by atomic mass is 32.2. The van der Waals surface area contributed by atoms with E-state index in [0.717, 1.165) is 22.7 Å². The first kappa shape index (κ1) is 18.1. The van der Waals surface area contributed by atoms with Crippen molar-refractivity contribution < 1.29 is 14.0 Å². The van der Waals surface area contributed by atoms with Crippen LogP contribution in [0.1, 0.15) is 42.2 Å². The maximum Gasteiger partial charge on any atom is 0.290 e. The van der Waals surface area contributed by atoms with Crippen molar-refractivity contribution in [3.63, 3.8) is 0 Å². The number of hydrogen-bond donors (Lipinski definition) is 1. The summed E-state index contributed by atoms with van der Waals surface area (Å²) in [6.07, 6.45) is 4.88. The van der Waals surface area contributed by atoms with Gasteiger partial charge in [0.25, 0.3) is 11.1 Å². The van der Waals surface area contributed by atoms with Gasteiger partial charge in [0.05, 0.1) is 10.5 Å². The zero-order valence-electron chi connectivity index (χ0n) is 15.3. The molecule has 1 aliphatic heterocycles. The van der Waals surface area contributed by atoms with Gasteiger partial charge in [0.2, 0.25) is 0 Å². The second kappa shape index (κ2) is 7.37. The fraction of sp³-hybridized carbons (Fsp3) is 0.136. The van der Waals surface area contributed by atoms with Gasteiger partial charge in [0.15, 0.2) is 5.58 Å². The molecular formula is C22H16N2O3S. The third-order valence-corrected chi connectivity index (χ3v) is 5.09. The predicted octanol–water partition coefficient (Wildman–Crippen LogP) is 4.67. The number of imide groups is 1. The van der Waals surface area contributed by atoms with Gasteiger partial charge < -0.3 is 4.42 Å². The molecule has 4 rings (SSSR count). The van der Waals surface area contributed by atoms with Gasteiger partial charge in [0, 0.05) is 29.4 Å². The van der Waals surface area contributed by atoms with Crippen LogP contribution in [0.25, 0.3) is 17.0 Å². The van der Waals surface area contributed by atoms with E-state index in [9.17, 15) is 9.59 Å². The summed E-state index contributed by atoms with van der Waals surface area (Å²) in [6, 6.07) is 9.93. The van der Waals surface area contributed by atoms with Crippen molar-refractivity contribution >= 4 is 40.0 Å². The number of furan rings is 1. The highest BCUT2D eigenvalue weighted by molar-refractivity contribution is 8.18. The monoisotopic (exact) mass is 388 g/mol. The molecule has 0 aliphatic carbocycles. The third-order valence-electron chi connectivity index (χ3n) is 4.28. The number of carbonyl (C=O) groups is 2. The minimum Gasteiger partial charge on any atom is -0.455 e. The predicted molar refractivity (Wildman–Crippen MR) is 110 cm³/mol. The fourth-order valence-corrected chi connectivity index (χ4v) is 3.45. The summed E-state index contributed by atoms with van der Waals surface area (Å²) in [5.41, 5.74) is 3.44. The summed E-state index contributed by atoms with van der Waals surface area (Å²) in [5, 5.41) is 2.62. The van der Waals surface area contributed by atoms with Gasteiger partial charge >= 0.3 is 0 Å². The Balaban J connectivity index is 1.66. The minimum atomic E-state index is -0.418. The first-order valence-corrected chi connectivity index (χ1v) is 9.55. The van der Waals surface area contributed by atoms with Crippen LogP contribution in [-0.4, -0.2) is 16.1 Å². The van der Waals surface area contributed by atoms with Crippen LogP contribution in [0.15, 0.2) is 52.0 Å². The largest absolute Gasteiger partial charge is 0.455 e. The Morgan fingerprint density at radius 2 is 1.93 bits per heavy atom. The van der Waals surface area contributed by atoms with Crippen molar-refractivity contribution in [2.45, 2.75) is 19.8 Å². The maximum absolute atomic E-state index is 11.7. The number of aromatic nitrogens is 1. The highest BCUT2D eigenvalue weighted by Gasteiger charge is 2.25. The first-order valence-electron chi connectivity index (χ1n) is 8.74. The molecule has 0 unspecified atom stereocenters. The lowest BCUT2D eigenvalue weighted by atomic mass is 10.0. The standard InChI is InChI=1S/C22H16N2O3S/c1-13(2)15-6-3-14(4-7-15)5-8-16-11-23-12-17-9-18(27-20(16)17)10-19-21(25)24-22(26)28-19/h3-4,6-7,9-13H,1-2H3,(H,24,25,26)/b19-10+. The van der Waals surface area contributed by atoms with E-state index in [-0.39, 0.29) is 5.24 Å². The third kappa shape index (κ3) is 3.71. The van der Waals surface area contributed by atoms with Gasteiger partial charge in [-0.15, -0.1) is 0 Å². The summed E-state index contributed by atoms with van der Waals surface area (Å²) < 4.78 is 5.86. The van der Waals surface area contributed by atoms with E-state index in [1.807, 2.05) is 12.1 Å². The van der Waals surface area contributed by atoms with Crippen LogP contribution in [0.3, 0.4) is 0 Å². The summed E-state index contributed by atoms with van der Waals surface area (Å²) in [4.78, 5) is 27.5. The second-order valence-electron chi connectivity index (χ2n) is 6.63. The number of nitrogens with one attached hydrogen (secondary N) is 1. The van der Waals surface area contributed by atoms with Crippen LogP contribution in [0.4, 0.5) is 4.79 Å². The molecule has 1 N–H and O–H groups in total. The zero-order chi connectivity index (χ0) is 19.7. The Bertz CT molecular complexity index is 1180. The molecule has 0 bridgehead atoms. The molecule has 2 amide bonds. The molecule has 0 atom stereocenters. The van der Waals surface area contributed by atoms with Gasteiger partial charge in [-0.3, -0.25) is 19.9 Å². The summed E-state index contributed by atoms with van der Waals surface area (Å²) >= 11 is 0.851. The molecule has 28 heavy (non-hydrogen) atoms. The van der Waals surface area contributed by atoms with Gasteiger partial charge in [-0.05, 0) is 41.4 Å². The van der Waals surface area contributed by atoms with Crippen LogP contribution in [0.5, 0.6) is 0 Å². The van der Waals surface area contributed by atoms with Crippen LogP contribution in [0, 0.1) is 11.8 Å². The number of pyridine rings is 1. The van der Waals surface area contributed by atoms with Crippen molar-refractivity contribution in [3.05, 3.63) is 70.1 Å². The van der Waals surface area contributed by atoms with Crippen molar-refractivity contribution in [2.75, 3.05) is 0 Å². The second-order valence-corrected chi connectivity index (χ2v) is 7.65. The van der Waals surface area contributed by atoms with E-state index < -0.39 is 5.91 Å². The van der Waals surface area contributed by atoms with E-state index in [2.05, 4.69) is 48.1 Å². The lowest BCUT2D eigenvalue weighted by Gasteiger charge is -2.03. The number of thioether (sulfide) groups is 1. The zero-order valence-corrected chi connectivity index (χ0v) is 16.1. The molecule has 3 heterocycles. The topological polar surface area (TPSA) is 72.2 Å². The maximum atomic E-state index is 11.7. The number of carbonyl (C=O) groups excluding carboxylic acids is 2. The molecule has 1 aliphatic rings. The van der Waals surface area contributed by atoms with Crippen LogP contribution in [0.2, 0.25) is 0 Å². The van der Waals surface area contributed by atoms with Crippen molar-refractivity contribution in [1.29, 1.82) is 0 Å². The molecule has 6 heteroatoms. The molecule has 5 nitrogen and oxygen atoms in total. The fourth-order valence-electron chi connectivity index (χ4n) is 2.78. The Kier molecular flexibility index (Phi) is 4.76. The Morgan fingerprint density at radius 1 is 1.14 bits per heavy atom. The molecule has 1 saturated heterocycles. The molecule has 0 saturated carbocycles. The smallest absolute Gasteiger partial charge is 0.290 e.